The molecule has 3 rings (SSSR count). The second kappa shape index (κ2) is 8.18. The van der Waals surface area contributed by atoms with E-state index in [1.165, 1.54) is 11.1 Å². The highest BCUT2D eigenvalue weighted by molar-refractivity contribution is 6.42. The number of benzene rings is 2. The van der Waals surface area contributed by atoms with Gasteiger partial charge in [0.25, 0.3) is 0 Å². The van der Waals surface area contributed by atoms with E-state index in [0.29, 0.717) is 23.0 Å². The van der Waals surface area contributed by atoms with Crippen molar-refractivity contribution in [2.24, 2.45) is 0 Å². The number of carbonyl (C=O) groups excluding carboxylic acids is 1. The van der Waals surface area contributed by atoms with Crippen LogP contribution >= 0.6 is 34.8 Å². The van der Waals surface area contributed by atoms with Gasteiger partial charge in [-0.2, -0.15) is 0 Å². The normalized spacial score (nSPS) is 16.7. The van der Waals surface area contributed by atoms with Gasteiger partial charge in [-0.1, -0.05) is 46.9 Å². The largest absolute Gasteiger partial charge is 0.334 e. The van der Waals surface area contributed by atoms with Crippen LogP contribution in [-0.2, 0) is 17.6 Å². The van der Waals surface area contributed by atoms with Crippen LogP contribution in [0.4, 0.5) is 0 Å². The number of carbonyl (C=O) groups is 1. The molecule has 0 saturated heterocycles. The Morgan fingerprint density at radius 3 is 2.58 bits per heavy atom. The number of likely N-dealkylation sites (N-methyl/N-ethyl adjacent to an activating group) is 1. The van der Waals surface area contributed by atoms with E-state index in [9.17, 15) is 4.79 Å². The summed E-state index contributed by atoms with van der Waals surface area (Å²) in [5.74, 6) is 0.0934. The van der Waals surface area contributed by atoms with Gasteiger partial charge in [0.2, 0.25) is 5.91 Å². The van der Waals surface area contributed by atoms with Crippen molar-refractivity contribution in [3.63, 3.8) is 0 Å². The summed E-state index contributed by atoms with van der Waals surface area (Å²) in [6.07, 6.45) is 1.12. The second-order valence-corrected chi connectivity index (χ2v) is 8.13. The van der Waals surface area contributed by atoms with E-state index in [-0.39, 0.29) is 11.9 Å². The average molecular weight is 412 g/mol. The van der Waals surface area contributed by atoms with E-state index in [1.807, 2.05) is 43.3 Å². The molecule has 1 amide bonds. The molecule has 138 valence electrons. The van der Waals surface area contributed by atoms with Crippen LogP contribution in [-0.4, -0.2) is 42.9 Å². The number of hydrogen-bond donors (Lipinski definition) is 0. The number of amides is 1. The maximum Gasteiger partial charge on any atom is 0.227 e. The number of fused-ring (bicyclic) bond motifs is 1. The van der Waals surface area contributed by atoms with Crippen molar-refractivity contribution in [2.75, 3.05) is 27.2 Å². The van der Waals surface area contributed by atoms with Gasteiger partial charge in [0.05, 0.1) is 22.5 Å². The lowest BCUT2D eigenvalue weighted by Gasteiger charge is -2.39. The van der Waals surface area contributed by atoms with Crippen LogP contribution < -0.4 is 0 Å². The molecule has 1 aliphatic heterocycles. The Labute approximate surface area is 169 Å². The van der Waals surface area contributed by atoms with E-state index in [0.717, 1.165) is 23.6 Å². The lowest BCUT2D eigenvalue weighted by molar-refractivity contribution is -0.133. The molecular weight excluding hydrogens is 391 g/mol. The molecule has 0 radical (unpaired) electrons. The summed E-state index contributed by atoms with van der Waals surface area (Å²) in [4.78, 5) is 17.1. The molecule has 0 spiro atoms. The summed E-state index contributed by atoms with van der Waals surface area (Å²) in [7, 11) is 4.04. The van der Waals surface area contributed by atoms with Crippen molar-refractivity contribution in [1.29, 1.82) is 0 Å². The Morgan fingerprint density at radius 2 is 1.88 bits per heavy atom. The molecule has 1 aliphatic rings. The van der Waals surface area contributed by atoms with Gasteiger partial charge in [-0.3, -0.25) is 4.79 Å². The molecule has 0 saturated carbocycles. The van der Waals surface area contributed by atoms with Gasteiger partial charge < -0.3 is 9.80 Å². The summed E-state index contributed by atoms with van der Waals surface area (Å²) in [6.45, 7) is 1.45. The number of halogens is 3. The molecule has 3 nitrogen and oxygen atoms in total. The molecule has 6 heteroatoms. The van der Waals surface area contributed by atoms with Crippen molar-refractivity contribution in [2.45, 2.75) is 18.9 Å². The first-order chi connectivity index (χ1) is 12.3. The van der Waals surface area contributed by atoms with Crippen LogP contribution in [0.15, 0.2) is 36.4 Å². The molecule has 0 aliphatic carbocycles. The maximum atomic E-state index is 13.0. The van der Waals surface area contributed by atoms with Crippen LogP contribution in [0.25, 0.3) is 0 Å². The zero-order chi connectivity index (χ0) is 18.8. The number of hydrogen-bond acceptors (Lipinski definition) is 2. The molecule has 0 aromatic heterocycles. The highest BCUT2D eigenvalue weighted by Gasteiger charge is 2.31. The Balaban J connectivity index is 1.85. The Bertz CT molecular complexity index is 823. The van der Waals surface area contributed by atoms with Crippen LogP contribution in [0.2, 0.25) is 15.1 Å². The molecule has 1 unspecified atom stereocenters. The predicted molar refractivity (Wildman–Crippen MR) is 108 cm³/mol. The SMILES string of the molecule is CN(C)CC1c2ccc(Cl)cc2CCN1C(=O)Cc1ccc(Cl)c(Cl)c1. The van der Waals surface area contributed by atoms with Crippen molar-refractivity contribution in [3.05, 3.63) is 68.2 Å². The van der Waals surface area contributed by atoms with E-state index >= 15 is 0 Å². The van der Waals surface area contributed by atoms with Gasteiger partial charge in [0.1, 0.15) is 0 Å². The van der Waals surface area contributed by atoms with Gasteiger partial charge in [0.15, 0.2) is 0 Å². The van der Waals surface area contributed by atoms with Crippen LogP contribution in [0.3, 0.4) is 0 Å². The zero-order valence-electron chi connectivity index (χ0n) is 14.8. The molecule has 2 aromatic carbocycles. The smallest absolute Gasteiger partial charge is 0.227 e. The van der Waals surface area contributed by atoms with Gasteiger partial charge in [-0.05, 0) is 61.5 Å². The van der Waals surface area contributed by atoms with Crippen LogP contribution in [0.1, 0.15) is 22.7 Å². The van der Waals surface area contributed by atoms with Crippen molar-refractivity contribution in [3.8, 4) is 0 Å². The summed E-state index contributed by atoms with van der Waals surface area (Å²) in [5, 5.41) is 1.71. The Morgan fingerprint density at radius 1 is 1.12 bits per heavy atom. The molecule has 0 N–H and O–H groups in total. The van der Waals surface area contributed by atoms with Gasteiger partial charge in [-0.15, -0.1) is 0 Å². The van der Waals surface area contributed by atoms with Crippen molar-refractivity contribution >= 4 is 40.7 Å². The molecule has 0 fully saturated rings. The monoisotopic (exact) mass is 410 g/mol. The topological polar surface area (TPSA) is 23.6 Å². The van der Waals surface area contributed by atoms with E-state index in [2.05, 4.69) is 4.90 Å². The minimum absolute atomic E-state index is 0.0151. The quantitative estimate of drug-likeness (QED) is 0.716. The first-order valence-corrected chi connectivity index (χ1v) is 9.65. The fourth-order valence-corrected chi connectivity index (χ4v) is 3.96. The maximum absolute atomic E-state index is 13.0. The third-order valence-corrected chi connectivity index (χ3v) is 5.63. The van der Waals surface area contributed by atoms with Crippen molar-refractivity contribution < 1.29 is 4.79 Å². The lowest BCUT2D eigenvalue weighted by atomic mass is 9.91. The number of nitrogens with zero attached hydrogens (tertiary/aromatic N) is 2. The first-order valence-electron chi connectivity index (χ1n) is 8.51. The summed E-state index contributed by atoms with van der Waals surface area (Å²) >= 11 is 18.2. The average Bonchev–Trinajstić information content (AvgIpc) is 2.57. The Kier molecular flexibility index (Phi) is 6.13. The fraction of sp³-hybridized carbons (Fsp3) is 0.350. The minimum Gasteiger partial charge on any atom is -0.334 e. The van der Waals surface area contributed by atoms with E-state index < -0.39 is 0 Å². The fourth-order valence-electron chi connectivity index (χ4n) is 3.45. The summed E-state index contributed by atoms with van der Waals surface area (Å²) in [6, 6.07) is 11.3. The standard InChI is InChI=1S/C20H21Cl3N2O/c1-24(2)12-19-16-5-4-15(21)11-14(16)7-8-25(19)20(26)10-13-3-6-17(22)18(23)9-13/h3-6,9,11,19H,7-8,10,12H2,1-2H3. The Hall–Kier alpha value is -1.26. The van der Waals surface area contributed by atoms with E-state index in [1.54, 1.807) is 12.1 Å². The van der Waals surface area contributed by atoms with Crippen LogP contribution in [0.5, 0.6) is 0 Å². The van der Waals surface area contributed by atoms with Gasteiger partial charge in [-0.25, -0.2) is 0 Å². The second-order valence-electron chi connectivity index (χ2n) is 6.88. The third-order valence-electron chi connectivity index (χ3n) is 4.66. The van der Waals surface area contributed by atoms with Crippen molar-refractivity contribution in [1.82, 2.24) is 9.80 Å². The lowest BCUT2D eigenvalue weighted by Crippen LogP contribution is -2.44. The molecular formula is C20H21Cl3N2O. The third kappa shape index (κ3) is 4.34. The highest BCUT2D eigenvalue weighted by atomic mass is 35.5. The highest BCUT2D eigenvalue weighted by Crippen LogP contribution is 2.33. The molecule has 1 heterocycles. The van der Waals surface area contributed by atoms with Gasteiger partial charge >= 0.3 is 0 Å². The van der Waals surface area contributed by atoms with Crippen LogP contribution in [0, 0.1) is 0 Å². The summed E-state index contributed by atoms with van der Waals surface area (Å²) < 4.78 is 0. The summed E-state index contributed by atoms with van der Waals surface area (Å²) in [5.41, 5.74) is 3.27. The minimum atomic E-state index is 0.0151. The van der Waals surface area contributed by atoms with Gasteiger partial charge in [0, 0.05) is 18.1 Å². The molecule has 2 aromatic rings. The predicted octanol–water partition coefficient (Wildman–Crippen LogP) is 4.88. The first kappa shape index (κ1) is 19.5. The molecule has 0 bridgehead atoms. The molecule has 1 atom stereocenters. The zero-order valence-corrected chi connectivity index (χ0v) is 17.1. The van der Waals surface area contributed by atoms with E-state index in [4.69, 9.17) is 34.8 Å². The molecule has 26 heavy (non-hydrogen) atoms. The number of rotatable bonds is 4.